The Morgan fingerprint density at radius 2 is 1.95 bits per heavy atom. The smallest absolute Gasteiger partial charge is 0.338 e. The maximum absolute atomic E-state index is 12.1. The Bertz CT molecular complexity index is 445. The van der Waals surface area contributed by atoms with Crippen molar-refractivity contribution < 1.29 is 9.53 Å². The van der Waals surface area contributed by atoms with Crippen LogP contribution in [0.15, 0.2) is 12.1 Å². The largest absolute Gasteiger partial charge is 0.458 e. The standard InChI is InChI=1S/C14H17Cl2NO2/c1-2-9-5-3-4-6-11(9)19-14(18)10-7-12(15)17-13(16)8-10/h7-9,11H,2-6H2,1H3. The summed E-state index contributed by atoms with van der Waals surface area (Å²) in [6, 6.07) is 2.97. The van der Waals surface area contributed by atoms with Gasteiger partial charge in [0.1, 0.15) is 16.4 Å². The molecular weight excluding hydrogens is 285 g/mol. The topological polar surface area (TPSA) is 39.2 Å². The van der Waals surface area contributed by atoms with Gasteiger partial charge in [0.05, 0.1) is 5.56 Å². The molecule has 0 amide bonds. The second-order valence-corrected chi connectivity index (χ2v) is 5.67. The van der Waals surface area contributed by atoms with Crippen molar-refractivity contribution in [3.05, 3.63) is 28.0 Å². The van der Waals surface area contributed by atoms with Gasteiger partial charge in [-0.15, -0.1) is 0 Å². The van der Waals surface area contributed by atoms with Crippen molar-refractivity contribution in [3.8, 4) is 0 Å². The third-order valence-corrected chi connectivity index (χ3v) is 4.01. The minimum Gasteiger partial charge on any atom is -0.458 e. The Morgan fingerprint density at radius 1 is 1.32 bits per heavy atom. The lowest BCUT2D eigenvalue weighted by molar-refractivity contribution is 0.000698. The van der Waals surface area contributed by atoms with E-state index in [-0.39, 0.29) is 22.4 Å². The van der Waals surface area contributed by atoms with Crippen LogP contribution in [0.1, 0.15) is 49.4 Å². The number of nitrogens with zero attached hydrogens (tertiary/aromatic N) is 1. The van der Waals surface area contributed by atoms with Crippen molar-refractivity contribution >= 4 is 29.2 Å². The minimum atomic E-state index is -0.364. The summed E-state index contributed by atoms with van der Waals surface area (Å²) in [6.07, 6.45) is 5.46. The second-order valence-electron chi connectivity index (χ2n) is 4.90. The van der Waals surface area contributed by atoms with Gasteiger partial charge in [-0.05, 0) is 43.7 Å². The number of aromatic nitrogens is 1. The average molecular weight is 302 g/mol. The SMILES string of the molecule is CCC1CCCCC1OC(=O)c1cc(Cl)nc(Cl)c1. The van der Waals surface area contributed by atoms with Crippen LogP contribution in [0.2, 0.25) is 10.3 Å². The number of carbonyl (C=O) groups excluding carboxylic acids is 1. The third-order valence-electron chi connectivity index (χ3n) is 3.62. The monoisotopic (exact) mass is 301 g/mol. The summed E-state index contributed by atoms with van der Waals surface area (Å²) >= 11 is 11.6. The molecule has 2 atom stereocenters. The summed E-state index contributed by atoms with van der Waals surface area (Å²) in [5.41, 5.74) is 0.366. The van der Waals surface area contributed by atoms with Gasteiger partial charge < -0.3 is 4.74 Å². The molecule has 1 aliphatic carbocycles. The molecule has 104 valence electrons. The first-order chi connectivity index (χ1) is 9.10. The molecule has 19 heavy (non-hydrogen) atoms. The van der Waals surface area contributed by atoms with E-state index < -0.39 is 0 Å². The Balaban J connectivity index is 2.07. The molecule has 1 aromatic heterocycles. The van der Waals surface area contributed by atoms with Crippen molar-refractivity contribution in [1.82, 2.24) is 4.98 Å². The van der Waals surface area contributed by atoms with Crippen molar-refractivity contribution in [2.45, 2.75) is 45.1 Å². The van der Waals surface area contributed by atoms with Crippen LogP contribution >= 0.6 is 23.2 Å². The predicted octanol–water partition coefficient (Wildman–Crippen LogP) is 4.51. The third kappa shape index (κ3) is 3.83. The molecule has 1 heterocycles. The van der Waals surface area contributed by atoms with Crippen molar-refractivity contribution in [3.63, 3.8) is 0 Å². The van der Waals surface area contributed by atoms with E-state index in [1.165, 1.54) is 18.6 Å². The summed E-state index contributed by atoms with van der Waals surface area (Å²) in [5.74, 6) is 0.0991. The van der Waals surface area contributed by atoms with E-state index in [4.69, 9.17) is 27.9 Å². The molecule has 1 aliphatic rings. The van der Waals surface area contributed by atoms with Gasteiger partial charge in [-0.1, -0.05) is 36.5 Å². The summed E-state index contributed by atoms with van der Waals surface area (Å²) in [5, 5.41) is 0.408. The molecule has 0 aliphatic heterocycles. The number of ether oxygens (including phenoxy) is 1. The van der Waals surface area contributed by atoms with Crippen LogP contribution in [0.4, 0.5) is 0 Å². The van der Waals surface area contributed by atoms with Crippen molar-refractivity contribution in [2.24, 2.45) is 5.92 Å². The molecule has 0 spiro atoms. The molecular formula is C14H17Cl2NO2. The average Bonchev–Trinajstić information content (AvgIpc) is 2.38. The molecule has 1 saturated carbocycles. The van der Waals surface area contributed by atoms with E-state index in [9.17, 15) is 4.79 Å². The van der Waals surface area contributed by atoms with Crippen LogP contribution in [0.25, 0.3) is 0 Å². The highest BCUT2D eigenvalue weighted by Gasteiger charge is 2.27. The highest BCUT2D eigenvalue weighted by molar-refractivity contribution is 6.32. The second kappa shape index (κ2) is 6.58. The number of rotatable bonds is 3. The Kier molecular flexibility index (Phi) is 5.06. The zero-order chi connectivity index (χ0) is 13.8. The van der Waals surface area contributed by atoms with Gasteiger partial charge in [-0.25, -0.2) is 9.78 Å². The minimum absolute atomic E-state index is 0.0111. The maximum atomic E-state index is 12.1. The van der Waals surface area contributed by atoms with Crippen molar-refractivity contribution in [2.75, 3.05) is 0 Å². The number of carbonyl (C=O) groups is 1. The number of pyridine rings is 1. The van der Waals surface area contributed by atoms with Crippen LogP contribution in [0.3, 0.4) is 0 Å². The molecule has 5 heteroatoms. The molecule has 1 fully saturated rings. The van der Waals surface area contributed by atoms with E-state index >= 15 is 0 Å². The Labute approximate surface area is 123 Å². The molecule has 2 rings (SSSR count). The normalized spacial score (nSPS) is 23.1. The highest BCUT2D eigenvalue weighted by Crippen LogP contribution is 2.30. The molecule has 3 nitrogen and oxygen atoms in total. The molecule has 2 unspecified atom stereocenters. The van der Waals surface area contributed by atoms with E-state index in [0.29, 0.717) is 11.5 Å². The van der Waals surface area contributed by atoms with Gasteiger partial charge in [0.2, 0.25) is 0 Å². The Morgan fingerprint density at radius 3 is 2.58 bits per heavy atom. The van der Waals surface area contributed by atoms with Crippen LogP contribution in [0.5, 0.6) is 0 Å². The molecule has 0 aromatic carbocycles. The zero-order valence-electron chi connectivity index (χ0n) is 10.9. The van der Waals surface area contributed by atoms with Crippen LogP contribution in [-0.2, 0) is 4.74 Å². The lowest BCUT2D eigenvalue weighted by atomic mass is 9.85. The summed E-state index contributed by atoms with van der Waals surface area (Å²) in [7, 11) is 0. The fourth-order valence-electron chi connectivity index (χ4n) is 2.58. The first kappa shape index (κ1) is 14.6. The maximum Gasteiger partial charge on any atom is 0.338 e. The van der Waals surface area contributed by atoms with Gasteiger partial charge in [0.15, 0.2) is 0 Å². The highest BCUT2D eigenvalue weighted by atomic mass is 35.5. The lowest BCUT2D eigenvalue weighted by Gasteiger charge is -2.30. The summed E-state index contributed by atoms with van der Waals surface area (Å²) < 4.78 is 5.61. The number of esters is 1. The lowest BCUT2D eigenvalue weighted by Crippen LogP contribution is -2.29. The molecule has 1 aromatic rings. The van der Waals surface area contributed by atoms with E-state index in [1.54, 1.807) is 0 Å². The van der Waals surface area contributed by atoms with Gasteiger partial charge in [-0.3, -0.25) is 0 Å². The fourth-order valence-corrected chi connectivity index (χ4v) is 3.04. The molecule has 0 N–H and O–H groups in total. The zero-order valence-corrected chi connectivity index (χ0v) is 12.4. The first-order valence-corrected chi connectivity index (χ1v) is 7.39. The molecule has 0 saturated heterocycles. The first-order valence-electron chi connectivity index (χ1n) is 6.64. The van der Waals surface area contributed by atoms with Crippen LogP contribution in [0, 0.1) is 5.92 Å². The summed E-state index contributed by atoms with van der Waals surface area (Å²) in [6.45, 7) is 2.14. The molecule has 0 radical (unpaired) electrons. The quantitative estimate of drug-likeness (QED) is 0.609. The van der Waals surface area contributed by atoms with E-state index in [1.807, 2.05) is 0 Å². The Hall–Kier alpha value is -0.800. The number of hydrogen-bond acceptors (Lipinski definition) is 3. The number of halogens is 2. The van der Waals surface area contributed by atoms with Crippen LogP contribution in [-0.4, -0.2) is 17.1 Å². The predicted molar refractivity (Wildman–Crippen MR) is 75.7 cm³/mol. The van der Waals surface area contributed by atoms with E-state index in [2.05, 4.69) is 11.9 Å². The summed E-state index contributed by atoms with van der Waals surface area (Å²) in [4.78, 5) is 15.9. The fraction of sp³-hybridized carbons (Fsp3) is 0.571. The van der Waals surface area contributed by atoms with Gasteiger partial charge in [-0.2, -0.15) is 0 Å². The van der Waals surface area contributed by atoms with Crippen molar-refractivity contribution in [1.29, 1.82) is 0 Å². The number of hydrogen-bond donors (Lipinski definition) is 0. The molecule has 0 bridgehead atoms. The van der Waals surface area contributed by atoms with Gasteiger partial charge >= 0.3 is 5.97 Å². The van der Waals surface area contributed by atoms with Gasteiger partial charge in [0, 0.05) is 0 Å². The van der Waals surface area contributed by atoms with Gasteiger partial charge in [0.25, 0.3) is 0 Å². The van der Waals surface area contributed by atoms with E-state index in [0.717, 1.165) is 25.7 Å². The van der Waals surface area contributed by atoms with Crippen LogP contribution < -0.4 is 0 Å².